The van der Waals surface area contributed by atoms with E-state index < -0.39 is 15.3 Å². The van der Waals surface area contributed by atoms with Gasteiger partial charge in [0, 0.05) is 6.07 Å². The molecule has 1 heterocycles. The molecule has 24 heavy (non-hydrogen) atoms. The third-order valence-electron chi connectivity index (χ3n) is 4.56. The molecule has 2 aromatic rings. The summed E-state index contributed by atoms with van der Waals surface area (Å²) in [7, 11) is -3.53. The van der Waals surface area contributed by atoms with E-state index in [2.05, 4.69) is 0 Å². The first kappa shape index (κ1) is 16.7. The molecule has 0 saturated heterocycles. The number of sulfone groups is 1. The van der Waals surface area contributed by atoms with Gasteiger partial charge >= 0.3 is 0 Å². The molecule has 0 spiro atoms. The van der Waals surface area contributed by atoms with Crippen molar-refractivity contribution in [3.05, 3.63) is 65.8 Å². The largest absolute Gasteiger partial charge is 0.868 e. The molecule has 126 valence electrons. The summed E-state index contributed by atoms with van der Waals surface area (Å²) >= 11 is 0. The first-order valence-corrected chi connectivity index (χ1v) is 9.57. The molecule has 0 amide bonds. The van der Waals surface area contributed by atoms with Gasteiger partial charge in [0.2, 0.25) is 9.84 Å². The van der Waals surface area contributed by atoms with E-state index in [0.717, 1.165) is 19.3 Å². The highest BCUT2D eigenvalue weighted by Gasteiger charge is 2.42. The van der Waals surface area contributed by atoms with Gasteiger partial charge in [0.05, 0.1) is 15.2 Å². The lowest BCUT2D eigenvalue weighted by atomic mass is 9.80. The molecule has 0 N–H and O–H groups in total. The number of benzene rings is 1. The molecule has 0 saturated carbocycles. The van der Waals surface area contributed by atoms with Crippen LogP contribution >= 0.6 is 0 Å². The van der Waals surface area contributed by atoms with Crippen LogP contribution in [0.5, 0.6) is 5.75 Å². The van der Waals surface area contributed by atoms with Crippen molar-refractivity contribution in [2.75, 3.05) is 0 Å². The number of nitrogens with zero attached hydrogens (tertiary/aromatic N) is 1. The van der Waals surface area contributed by atoms with Gasteiger partial charge in [-0.25, -0.2) is 13.0 Å². The van der Waals surface area contributed by atoms with Gasteiger partial charge in [0.25, 0.3) is 0 Å². The zero-order valence-electron chi connectivity index (χ0n) is 13.7. The molecule has 0 aliphatic heterocycles. The van der Waals surface area contributed by atoms with Gasteiger partial charge in [0.15, 0.2) is 18.9 Å². The Kier molecular flexibility index (Phi) is 4.45. The molecule has 1 aliphatic carbocycles. The van der Waals surface area contributed by atoms with Crippen molar-refractivity contribution < 1.29 is 18.1 Å². The summed E-state index contributed by atoms with van der Waals surface area (Å²) < 4.78 is 28.0. The predicted octanol–water partition coefficient (Wildman–Crippen LogP) is 2.60. The molecule has 1 atom stereocenters. The van der Waals surface area contributed by atoms with E-state index in [-0.39, 0.29) is 5.75 Å². The molecule has 0 fully saturated rings. The number of hydrogen-bond acceptors (Lipinski definition) is 3. The zero-order valence-corrected chi connectivity index (χ0v) is 14.5. The lowest BCUT2D eigenvalue weighted by Gasteiger charge is -2.32. The maximum absolute atomic E-state index is 13.1. The summed E-state index contributed by atoms with van der Waals surface area (Å²) in [5.74, 6) is -0.0756. The minimum absolute atomic E-state index is 0.0756. The SMILES string of the molecule is C[C@@]1(C[n+]2cccc([O-])c2)CCCC=C1S(=O)(=O)c1ccccc1. The maximum Gasteiger partial charge on any atom is 0.203 e. The van der Waals surface area contributed by atoms with Gasteiger partial charge in [-0.05, 0) is 44.1 Å². The molecule has 4 nitrogen and oxygen atoms in total. The number of pyridine rings is 1. The van der Waals surface area contributed by atoms with Crippen molar-refractivity contribution in [3.63, 3.8) is 0 Å². The third kappa shape index (κ3) is 3.22. The van der Waals surface area contributed by atoms with Crippen molar-refractivity contribution in [1.29, 1.82) is 0 Å². The Labute approximate surface area is 143 Å². The summed E-state index contributed by atoms with van der Waals surface area (Å²) in [4.78, 5) is 0.795. The Morgan fingerprint density at radius 1 is 1.17 bits per heavy atom. The first-order valence-electron chi connectivity index (χ1n) is 8.09. The average molecular weight is 343 g/mol. The minimum Gasteiger partial charge on any atom is -0.868 e. The van der Waals surface area contributed by atoms with E-state index in [1.807, 2.05) is 25.3 Å². The van der Waals surface area contributed by atoms with Gasteiger partial charge < -0.3 is 5.11 Å². The van der Waals surface area contributed by atoms with E-state index in [0.29, 0.717) is 16.3 Å². The highest BCUT2D eigenvalue weighted by molar-refractivity contribution is 7.95. The molecule has 1 aliphatic rings. The monoisotopic (exact) mass is 343 g/mol. The second-order valence-electron chi connectivity index (χ2n) is 6.55. The quantitative estimate of drug-likeness (QED) is 0.802. The van der Waals surface area contributed by atoms with Gasteiger partial charge in [-0.2, -0.15) is 0 Å². The lowest BCUT2D eigenvalue weighted by molar-refractivity contribution is -0.709. The van der Waals surface area contributed by atoms with E-state index in [1.54, 1.807) is 34.9 Å². The normalized spacial score (nSPS) is 21.3. The van der Waals surface area contributed by atoms with Crippen LogP contribution in [0, 0.1) is 5.41 Å². The Hall–Kier alpha value is -2.14. The maximum atomic E-state index is 13.1. The fourth-order valence-corrected chi connectivity index (χ4v) is 5.33. The third-order valence-corrected chi connectivity index (χ3v) is 6.69. The van der Waals surface area contributed by atoms with Crippen LogP contribution < -0.4 is 9.67 Å². The van der Waals surface area contributed by atoms with E-state index >= 15 is 0 Å². The van der Waals surface area contributed by atoms with Crippen LogP contribution in [-0.2, 0) is 16.4 Å². The van der Waals surface area contributed by atoms with Crippen molar-refractivity contribution in [2.45, 2.75) is 37.6 Å². The van der Waals surface area contributed by atoms with Crippen molar-refractivity contribution in [1.82, 2.24) is 0 Å². The molecule has 0 unspecified atom stereocenters. The van der Waals surface area contributed by atoms with Gasteiger partial charge in [-0.1, -0.05) is 30.3 Å². The van der Waals surface area contributed by atoms with Crippen LogP contribution in [0.1, 0.15) is 26.2 Å². The smallest absolute Gasteiger partial charge is 0.203 e. The molecule has 0 bridgehead atoms. The number of hydrogen-bond donors (Lipinski definition) is 0. The first-order chi connectivity index (χ1) is 11.4. The summed E-state index contributed by atoms with van der Waals surface area (Å²) in [6.07, 6.45) is 7.68. The Balaban J connectivity index is 2.01. The minimum atomic E-state index is -3.53. The number of rotatable bonds is 4. The molecule has 3 rings (SSSR count). The summed E-state index contributed by atoms with van der Waals surface area (Å²) in [6, 6.07) is 11.8. The highest BCUT2D eigenvalue weighted by atomic mass is 32.2. The fraction of sp³-hybridized carbons (Fsp3) is 0.316. The van der Waals surface area contributed by atoms with E-state index in [9.17, 15) is 13.5 Å². The highest BCUT2D eigenvalue weighted by Crippen LogP contribution is 2.42. The second-order valence-corrected chi connectivity index (χ2v) is 8.47. The Morgan fingerprint density at radius 2 is 1.92 bits per heavy atom. The average Bonchev–Trinajstić information content (AvgIpc) is 2.55. The standard InChI is InChI=1S/C19H21NO3S/c1-19(15-20-13-7-8-16(21)14-20)12-6-5-11-18(19)24(22,23)17-9-3-2-4-10-17/h2-4,7-11,13-14H,5-6,12,15H2,1H3/t19-/m0/s1. The molecule has 0 radical (unpaired) electrons. The number of aromatic nitrogens is 1. The molecular weight excluding hydrogens is 322 g/mol. The summed E-state index contributed by atoms with van der Waals surface area (Å²) in [5.41, 5.74) is -0.522. The second kappa shape index (κ2) is 6.40. The molecule has 1 aromatic heterocycles. The summed E-state index contributed by atoms with van der Waals surface area (Å²) in [5, 5.41) is 11.6. The Bertz CT molecular complexity index is 859. The molecular formula is C19H21NO3S. The van der Waals surface area contributed by atoms with E-state index in [1.165, 1.54) is 12.3 Å². The lowest BCUT2D eigenvalue weighted by Crippen LogP contribution is -2.45. The van der Waals surface area contributed by atoms with Crippen LogP contribution in [0.15, 0.2) is 70.7 Å². The molecule has 5 heteroatoms. The van der Waals surface area contributed by atoms with Crippen LogP contribution in [0.2, 0.25) is 0 Å². The van der Waals surface area contributed by atoms with Crippen LogP contribution in [-0.4, -0.2) is 8.42 Å². The van der Waals surface area contributed by atoms with Crippen molar-refractivity contribution >= 4 is 9.84 Å². The van der Waals surface area contributed by atoms with Gasteiger partial charge in [-0.3, -0.25) is 0 Å². The van der Waals surface area contributed by atoms with Crippen LogP contribution in [0.4, 0.5) is 0 Å². The fourth-order valence-electron chi connectivity index (χ4n) is 3.41. The summed E-state index contributed by atoms with van der Waals surface area (Å²) in [6.45, 7) is 2.45. The van der Waals surface area contributed by atoms with Gasteiger partial charge in [0.1, 0.15) is 0 Å². The zero-order chi connectivity index (χ0) is 17.2. The molecule has 1 aromatic carbocycles. The Morgan fingerprint density at radius 3 is 2.62 bits per heavy atom. The van der Waals surface area contributed by atoms with Crippen LogP contribution in [0.25, 0.3) is 0 Å². The predicted molar refractivity (Wildman–Crippen MR) is 89.8 cm³/mol. The van der Waals surface area contributed by atoms with Crippen molar-refractivity contribution in [2.24, 2.45) is 5.41 Å². The van der Waals surface area contributed by atoms with Crippen molar-refractivity contribution in [3.8, 4) is 5.75 Å². The number of allylic oxidation sites excluding steroid dienone is 2. The van der Waals surface area contributed by atoms with Gasteiger partial charge in [-0.15, -0.1) is 0 Å². The topological polar surface area (TPSA) is 61.1 Å². The van der Waals surface area contributed by atoms with E-state index in [4.69, 9.17) is 0 Å². The van der Waals surface area contributed by atoms with Crippen LogP contribution in [0.3, 0.4) is 0 Å².